The Bertz CT molecular complexity index is 1360. The second-order valence-electron chi connectivity index (χ2n) is 9.73. The number of hydrogen-bond acceptors (Lipinski definition) is 0. The molecule has 2 heteroatoms. The summed E-state index contributed by atoms with van der Waals surface area (Å²) in [6, 6.07) is 35.7. The van der Waals surface area contributed by atoms with Gasteiger partial charge in [-0.25, -0.2) is 0 Å². The normalized spacial score (nSPS) is 18.6. The zero-order valence-corrected chi connectivity index (χ0v) is 23.0. The molecule has 0 fully saturated rings. The molecule has 4 aromatic rings. The summed E-state index contributed by atoms with van der Waals surface area (Å²) in [4.78, 5) is 0. The van der Waals surface area contributed by atoms with E-state index in [1.165, 1.54) is 44.5 Å². The lowest BCUT2D eigenvalue weighted by Crippen LogP contribution is -2.41. The van der Waals surface area contributed by atoms with Crippen LogP contribution in [-0.2, 0) is 5.41 Å². The molecule has 0 heterocycles. The van der Waals surface area contributed by atoms with Crippen LogP contribution in [0.15, 0.2) is 117 Å². The van der Waals surface area contributed by atoms with Crippen molar-refractivity contribution in [1.29, 1.82) is 0 Å². The minimum atomic E-state index is -0.318. The van der Waals surface area contributed by atoms with Crippen molar-refractivity contribution < 1.29 is 0 Å². The van der Waals surface area contributed by atoms with Crippen LogP contribution >= 0.6 is 31.9 Å². The maximum atomic E-state index is 3.85. The highest BCUT2D eigenvalue weighted by molar-refractivity contribution is 9.10. The lowest BCUT2D eigenvalue weighted by molar-refractivity contribution is 0.400. The minimum Gasteiger partial charge on any atom is -0.0639 e. The lowest BCUT2D eigenvalue weighted by Gasteiger charge is -2.47. The fourth-order valence-electron chi connectivity index (χ4n) is 6.66. The molecular formula is C33H26Br2. The molecule has 0 aromatic heterocycles. The van der Waals surface area contributed by atoms with Gasteiger partial charge in [0, 0.05) is 26.2 Å². The third-order valence-corrected chi connectivity index (χ3v) is 9.25. The van der Waals surface area contributed by atoms with Crippen LogP contribution in [0.5, 0.6) is 0 Å². The van der Waals surface area contributed by atoms with Gasteiger partial charge in [-0.1, -0.05) is 140 Å². The Morgan fingerprint density at radius 2 is 0.914 bits per heavy atom. The average molecular weight is 582 g/mol. The lowest BCUT2D eigenvalue weighted by atomic mass is 9.54. The van der Waals surface area contributed by atoms with Crippen LogP contribution in [0, 0.1) is 0 Å². The van der Waals surface area contributed by atoms with E-state index >= 15 is 0 Å². The molecule has 6 rings (SSSR count). The second-order valence-corrected chi connectivity index (χ2v) is 11.4. The zero-order valence-electron chi connectivity index (χ0n) is 19.8. The molecule has 0 saturated heterocycles. The van der Waals surface area contributed by atoms with Crippen molar-refractivity contribution in [2.45, 2.75) is 31.1 Å². The molecule has 0 spiro atoms. The standard InChI is InChI=1S/C33H26Br2/c1-21-19-27-25(15-9-17-29(27)34)31(21)33(23-11-5-3-6-12-23,24-13-7-4-8-14-24)32-22(2)20-28-26(32)16-10-18-30(28)35/h3-20,31-32H,1-2H3. The van der Waals surface area contributed by atoms with Crippen molar-refractivity contribution >= 4 is 44.0 Å². The summed E-state index contributed by atoms with van der Waals surface area (Å²) in [7, 11) is 0. The number of rotatable bonds is 4. The summed E-state index contributed by atoms with van der Waals surface area (Å²) in [5, 5.41) is 0. The molecule has 2 unspecified atom stereocenters. The van der Waals surface area contributed by atoms with Crippen molar-refractivity contribution in [3.8, 4) is 0 Å². The molecular weight excluding hydrogens is 556 g/mol. The highest BCUT2D eigenvalue weighted by Crippen LogP contribution is 2.63. The van der Waals surface area contributed by atoms with E-state index in [1.54, 1.807) is 0 Å². The highest BCUT2D eigenvalue weighted by Gasteiger charge is 2.53. The Morgan fingerprint density at radius 3 is 1.31 bits per heavy atom. The van der Waals surface area contributed by atoms with E-state index in [9.17, 15) is 0 Å². The van der Waals surface area contributed by atoms with Crippen molar-refractivity contribution in [3.05, 3.63) is 151 Å². The van der Waals surface area contributed by atoms with Crippen molar-refractivity contribution in [2.24, 2.45) is 0 Å². The van der Waals surface area contributed by atoms with Gasteiger partial charge in [0.25, 0.3) is 0 Å². The van der Waals surface area contributed by atoms with Gasteiger partial charge in [-0.2, -0.15) is 0 Å². The van der Waals surface area contributed by atoms with Gasteiger partial charge in [-0.3, -0.25) is 0 Å². The van der Waals surface area contributed by atoms with Gasteiger partial charge < -0.3 is 0 Å². The van der Waals surface area contributed by atoms with Gasteiger partial charge in [0.05, 0.1) is 0 Å². The summed E-state index contributed by atoms with van der Waals surface area (Å²) in [5.41, 5.74) is 10.6. The first kappa shape index (κ1) is 22.8. The van der Waals surface area contributed by atoms with Gasteiger partial charge >= 0.3 is 0 Å². The van der Waals surface area contributed by atoms with E-state index in [0.717, 1.165) is 8.95 Å². The summed E-state index contributed by atoms with van der Waals surface area (Å²) in [6.07, 6.45) is 4.78. The van der Waals surface area contributed by atoms with Crippen molar-refractivity contribution in [1.82, 2.24) is 0 Å². The fourth-order valence-corrected chi connectivity index (χ4v) is 7.66. The number of allylic oxidation sites excluding steroid dienone is 2. The molecule has 0 amide bonds. The number of halogens is 2. The van der Waals surface area contributed by atoms with E-state index in [-0.39, 0.29) is 17.3 Å². The average Bonchev–Trinajstić information content (AvgIpc) is 3.40. The Labute approximate surface area is 224 Å². The van der Waals surface area contributed by atoms with Crippen LogP contribution < -0.4 is 0 Å². The first-order valence-electron chi connectivity index (χ1n) is 12.1. The van der Waals surface area contributed by atoms with Gasteiger partial charge in [0.2, 0.25) is 0 Å². The maximum Gasteiger partial charge on any atom is 0.0414 e. The smallest absolute Gasteiger partial charge is 0.0414 e. The van der Waals surface area contributed by atoms with E-state index in [1.807, 2.05) is 0 Å². The van der Waals surface area contributed by atoms with Crippen LogP contribution in [0.25, 0.3) is 12.2 Å². The first-order chi connectivity index (χ1) is 17.0. The van der Waals surface area contributed by atoms with Gasteiger partial charge in [-0.05, 0) is 59.4 Å². The molecule has 0 N–H and O–H groups in total. The Hall–Kier alpha value is -2.68. The third-order valence-electron chi connectivity index (χ3n) is 7.86. The molecule has 2 atom stereocenters. The van der Waals surface area contributed by atoms with E-state index < -0.39 is 0 Å². The predicted octanol–water partition coefficient (Wildman–Crippen LogP) is 9.90. The Balaban J connectivity index is 1.76. The molecule has 172 valence electrons. The van der Waals surface area contributed by atoms with E-state index in [0.29, 0.717) is 0 Å². The first-order valence-corrected chi connectivity index (χ1v) is 13.7. The largest absolute Gasteiger partial charge is 0.0639 e. The molecule has 0 saturated carbocycles. The molecule has 0 radical (unpaired) electrons. The van der Waals surface area contributed by atoms with Crippen LogP contribution in [-0.4, -0.2) is 0 Å². The Morgan fingerprint density at radius 1 is 0.514 bits per heavy atom. The molecule has 0 aliphatic heterocycles. The summed E-state index contributed by atoms with van der Waals surface area (Å²) in [6.45, 7) is 4.63. The van der Waals surface area contributed by atoms with Gasteiger partial charge in [-0.15, -0.1) is 0 Å². The number of hydrogen-bond donors (Lipinski definition) is 0. The molecule has 2 aliphatic rings. The number of benzene rings is 4. The monoisotopic (exact) mass is 580 g/mol. The van der Waals surface area contributed by atoms with E-state index in [2.05, 4.69) is 155 Å². The zero-order chi connectivity index (χ0) is 24.2. The third kappa shape index (κ3) is 3.37. The SMILES string of the molecule is CC1=Cc2c(Br)cccc2C1C(c1ccccc1)(c1ccccc1)C1C(C)=Cc2c(Br)cccc21. The Kier molecular flexibility index (Phi) is 5.70. The summed E-state index contributed by atoms with van der Waals surface area (Å²) < 4.78 is 2.32. The second kappa shape index (κ2) is 8.76. The summed E-state index contributed by atoms with van der Waals surface area (Å²) in [5.74, 6) is 0.385. The van der Waals surface area contributed by atoms with Crippen LogP contribution in [0.1, 0.15) is 59.1 Å². The number of fused-ring (bicyclic) bond motifs is 2. The van der Waals surface area contributed by atoms with Gasteiger partial charge in [0.15, 0.2) is 0 Å². The molecule has 0 bridgehead atoms. The maximum absolute atomic E-state index is 3.85. The van der Waals surface area contributed by atoms with Crippen molar-refractivity contribution in [3.63, 3.8) is 0 Å². The molecule has 0 nitrogen and oxygen atoms in total. The van der Waals surface area contributed by atoms with Crippen LogP contribution in [0.4, 0.5) is 0 Å². The molecule has 2 aliphatic carbocycles. The fraction of sp³-hybridized carbons (Fsp3) is 0.152. The van der Waals surface area contributed by atoms with Crippen LogP contribution in [0.2, 0.25) is 0 Å². The molecule has 4 aromatic carbocycles. The summed E-state index contributed by atoms with van der Waals surface area (Å²) >= 11 is 7.70. The quantitative estimate of drug-likeness (QED) is 0.225. The van der Waals surface area contributed by atoms with E-state index in [4.69, 9.17) is 0 Å². The topological polar surface area (TPSA) is 0 Å². The van der Waals surface area contributed by atoms with Gasteiger partial charge in [0.1, 0.15) is 0 Å². The van der Waals surface area contributed by atoms with Crippen molar-refractivity contribution in [2.75, 3.05) is 0 Å². The molecule has 35 heavy (non-hydrogen) atoms. The highest BCUT2D eigenvalue weighted by atomic mass is 79.9. The minimum absolute atomic E-state index is 0.193. The predicted molar refractivity (Wildman–Crippen MR) is 155 cm³/mol. The van der Waals surface area contributed by atoms with Crippen LogP contribution in [0.3, 0.4) is 0 Å².